The molecule has 19 heavy (non-hydrogen) atoms. The quantitative estimate of drug-likeness (QED) is 0.885. The van der Waals surface area contributed by atoms with Gasteiger partial charge in [0.25, 0.3) is 0 Å². The van der Waals surface area contributed by atoms with Crippen LogP contribution >= 0.6 is 0 Å². The van der Waals surface area contributed by atoms with Gasteiger partial charge in [0.15, 0.2) is 0 Å². The van der Waals surface area contributed by atoms with Crippen LogP contribution in [0.2, 0.25) is 0 Å². The summed E-state index contributed by atoms with van der Waals surface area (Å²) < 4.78 is 5.39. The zero-order valence-electron chi connectivity index (χ0n) is 11.9. The van der Waals surface area contributed by atoms with E-state index in [9.17, 15) is 0 Å². The molecule has 2 bridgehead atoms. The maximum atomic E-state index is 6.32. The molecular weight excluding hydrogens is 236 g/mol. The second-order valence-electron chi connectivity index (χ2n) is 6.30. The molecule has 2 N–H and O–H groups in total. The fraction of sp³-hybridized carbons (Fsp3) is 0.625. The van der Waals surface area contributed by atoms with Gasteiger partial charge in [0, 0.05) is 12.1 Å². The summed E-state index contributed by atoms with van der Waals surface area (Å²) in [7, 11) is 3.97. The summed E-state index contributed by atoms with van der Waals surface area (Å²) in [6.45, 7) is 1.18. The van der Waals surface area contributed by atoms with E-state index in [1.165, 1.54) is 24.9 Å². The average Bonchev–Trinajstić information content (AvgIpc) is 2.43. The molecule has 1 saturated heterocycles. The van der Waals surface area contributed by atoms with Crippen molar-refractivity contribution in [3.63, 3.8) is 0 Å². The van der Waals surface area contributed by atoms with Crippen LogP contribution in [0.3, 0.4) is 0 Å². The molecule has 2 fully saturated rings. The first-order chi connectivity index (χ1) is 9.13. The SMILES string of the molecule is COc1cccc([C@]23CCN(C)[C@H](C[C@@H](N)C2)C3)c1. The number of nitrogens with two attached hydrogens (primary N) is 1. The van der Waals surface area contributed by atoms with E-state index in [0.717, 1.165) is 18.6 Å². The zero-order chi connectivity index (χ0) is 13.5. The van der Waals surface area contributed by atoms with Crippen molar-refractivity contribution in [3.05, 3.63) is 29.8 Å². The van der Waals surface area contributed by atoms with Crippen molar-refractivity contribution in [2.75, 3.05) is 20.7 Å². The fourth-order valence-electron chi connectivity index (χ4n) is 4.00. The third-order valence-corrected chi connectivity index (χ3v) is 5.10. The summed E-state index contributed by atoms with van der Waals surface area (Å²) in [4.78, 5) is 2.48. The molecule has 3 rings (SSSR count). The second kappa shape index (κ2) is 4.80. The van der Waals surface area contributed by atoms with Gasteiger partial charge in [-0.05, 0) is 62.4 Å². The Hall–Kier alpha value is -1.06. The van der Waals surface area contributed by atoms with Crippen molar-refractivity contribution in [3.8, 4) is 5.75 Å². The molecule has 2 aliphatic rings. The first kappa shape index (κ1) is 12.9. The van der Waals surface area contributed by atoms with Crippen molar-refractivity contribution in [2.24, 2.45) is 5.73 Å². The summed E-state index contributed by atoms with van der Waals surface area (Å²) in [5, 5.41) is 0. The zero-order valence-corrected chi connectivity index (χ0v) is 11.9. The Bertz CT molecular complexity index is 462. The van der Waals surface area contributed by atoms with E-state index in [0.29, 0.717) is 12.1 Å². The Labute approximate surface area is 115 Å². The lowest BCUT2D eigenvalue weighted by Gasteiger charge is -2.51. The molecule has 3 atom stereocenters. The third-order valence-electron chi connectivity index (χ3n) is 5.10. The van der Waals surface area contributed by atoms with Crippen molar-refractivity contribution >= 4 is 0 Å². The summed E-state index contributed by atoms with van der Waals surface area (Å²) in [6, 6.07) is 9.56. The van der Waals surface area contributed by atoms with Crippen LogP contribution in [0.4, 0.5) is 0 Å². The Morgan fingerprint density at radius 3 is 3.00 bits per heavy atom. The molecule has 3 heteroatoms. The number of likely N-dealkylation sites (tertiary alicyclic amines) is 1. The monoisotopic (exact) mass is 260 g/mol. The molecule has 0 aromatic heterocycles. The second-order valence-corrected chi connectivity index (χ2v) is 6.30. The average molecular weight is 260 g/mol. The van der Waals surface area contributed by atoms with Crippen LogP contribution in [-0.4, -0.2) is 37.7 Å². The maximum Gasteiger partial charge on any atom is 0.119 e. The highest BCUT2D eigenvalue weighted by atomic mass is 16.5. The van der Waals surface area contributed by atoms with E-state index in [1.54, 1.807) is 7.11 Å². The number of methoxy groups -OCH3 is 1. The van der Waals surface area contributed by atoms with Crippen molar-refractivity contribution < 1.29 is 4.74 Å². The molecule has 0 amide bonds. The first-order valence-electron chi connectivity index (χ1n) is 7.23. The van der Waals surface area contributed by atoms with E-state index in [4.69, 9.17) is 10.5 Å². The number of rotatable bonds is 2. The summed E-state index contributed by atoms with van der Waals surface area (Å²) in [6.07, 6.45) is 4.71. The van der Waals surface area contributed by atoms with Crippen molar-refractivity contribution in [2.45, 2.75) is 43.2 Å². The van der Waals surface area contributed by atoms with Crippen molar-refractivity contribution in [1.82, 2.24) is 4.90 Å². The Balaban J connectivity index is 1.96. The highest BCUT2D eigenvalue weighted by Crippen LogP contribution is 2.46. The van der Waals surface area contributed by atoms with Crippen LogP contribution in [0.15, 0.2) is 24.3 Å². The van der Waals surface area contributed by atoms with Gasteiger partial charge in [-0.3, -0.25) is 0 Å². The molecule has 0 unspecified atom stereocenters. The van der Waals surface area contributed by atoms with Gasteiger partial charge in [0.2, 0.25) is 0 Å². The van der Waals surface area contributed by atoms with Gasteiger partial charge in [-0.1, -0.05) is 12.1 Å². The highest BCUT2D eigenvalue weighted by molar-refractivity contribution is 5.35. The number of ether oxygens (including phenoxy) is 1. The number of hydrogen-bond donors (Lipinski definition) is 1. The predicted molar refractivity (Wildman–Crippen MR) is 77.5 cm³/mol. The predicted octanol–water partition coefficient (Wildman–Crippen LogP) is 2.15. The molecule has 3 nitrogen and oxygen atoms in total. The Morgan fingerprint density at radius 1 is 1.37 bits per heavy atom. The summed E-state index contributed by atoms with van der Waals surface area (Å²) >= 11 is 0. The molecule has 0 spiro atoms. The highest BCUT2D eigenvalue weighted by Gasteiger charge is 2.45. The van der Waals surface area contributed by atoms with E-state index in [-0.39, 0.29) is 5.41 Å². The molecular formula is C16H24N2O. The van der Waals surface area contributed by atoms with Crippen LogP contribution in [-0.2, 0) is 5.41 Å². The molecule has 1 saturated carbocycles. The van der Waals surface area contributed by atoms with Gasteiger partial charge in [-0.25, -0.2) is 0 Å². The largest absolute Gasteiger partial charge is 0.497 e. The van der Waals surface area contributed by atoms with Gasteiger partial charge in [-0.15, -0.1) is 0 Å². The van der Waals surface area contributed by atoms with Gasteiger partial charge in [-0.2, -0.15) is 0 Å². The van der Waals surface area contributed by atoms with Crippen LogP contribution in [0, 0.1) is 0 Å². The minimum Gasteiger partial charge on any atom is -0.497 e. The van der Waals surface area contributed by atoms with Gasteiger partial charge in [0.1, 0.15) is 5.75 Å². The minimum absolute atomic E-state index is 0.267. The molecule has 1 aromatic rings. The van der Waals surface area contributed by atoms with Crippen LogP contribution in [0.25, 0.3) is 0 Å². The minimum atomic E-state index is 0.267. The Kier molecular flexibility index (Phi) is 3.27. The molecule has 1 aromatic carbocycles. The number of nitrogens with zero attached hydrogens (tertiary/aromatic N) is 1. The van der Waals surface area contributed by atoms with Gasteiger partial charge < -0.3 is 15.4 Å². The standard InChI is InChI=1S/C16H24N2O/c1-18-7-6-16(10-13(17)9-14(18)11-16)12-4-3-5-15(8-12)19-2/h3-5,8,13-14H,6-7,9-11,17H2,1-2H3/t13-,14-,16-/m1/s1. The van der Waals surface area contributed by atoms with Crippen LogP contribution < -0.4 is 10.5 Å². The van der Waals surface area contributed by atoms with Gasteiger partial charge >= 0.3 is 0 Å². The summed E-state index contributed by atoms with van der Waals surface area (Å²) in [5.41, 5.74) is 8.01. The number of benzene rings is 1. The maximum absolute atomic E-state index is 6.32. The smallest absolute Gasteiger partial charge is 0.119 e. The lowest BCUT2D eigenvalue weighted by Crippen LogP contribution is -2.55. The fourth-order valence-corrected chi connectivity index (χ4v) is 4.00. The normalized spacial score (nSPS) is 35.1. The molecule has 1 aliphatic carbocycles. The topological polar surface area (TPSA) is 38.5 Å². The van der Waals surface area contributed by atoms with E-state index >= 15 is 0 Å². The molecule has 1 heterocycles. The van der Waals surface area contributed by atoms with E-state index in [2.05, 4.69) is 30.1 Å². The number of piperidine rings is 1. The number of hydrogen-bond acceptors (Lipinski definition) is 3. The van der Waals surface area contributed by atoms with Crippen LogP contribution in [0.1, 0.15) is 31.2 Å². The molecule has 0 radical (unpaired) electrons. The van der Waals surface area contributed by atoms with Crippen molar-refractivity contribution in [1.29, 1.82) is 0 Å². The molecule has 104 valence electrons. The molecule has 1 aliphatic heterocycles. The first-order valence-corrected chi connectivity index (χ1v) is 7.23. The summed E-state index contributed by atoms with van der Waals surface area (Å²) in [5.74, 6) is 0.960. The number of fused-ring (bicyclic) bond motifs is 2. The lowest BCUT2D eigenvalue weighted by molar-refractivity contribution is 0.0618. The van der Waals surface area contributed by atoms with E-state index in [1.807, 2.05) is 6.07 Å². The van der Waals surface area contributed by atoms with Crippen LogP contribution in [0.5, 0.6) is 5.75 Å². The Morgan fingerprint density at radius 2 is 2.21 bits per heavy atom. The third kappa shape index (κ3) is 2.26. The van der Waals surface area contributed by atoms with E-state index < -0.39 is 0 Å². The lowest BCUT2D eigenvalue weighted by atomic mass is 9.62. The van der Waals surface area contributed by atoms with Gasteiger partial charge in [0.05, 0.1) is 7.11 Å².